The van der Waals surface area contributed by atoms with Crippen molar-refractivity contribution in [3.63, 3.8) is 0 Å². The van der Waals surface area contributed by atoms with Gasteiger partial charge in [-0.1, -0.05) is 0 Å². The van der Waals surface area contributed by atoms with E-state index in [2.05, 4.69) is 6.07 Å². The second kappa shape index (κ2) is 3.84. The number of aromatic nitrogens is 1. The number of nitrogens with zero attached hydrogens (tertiary/aromatic N) is 3. The monoisotopic (exact) mass is 241 g/mol. The Balaban J connectivity index is 2.17. The maximum Gasteiger partial charge on any atom is 0.271 e. The van der Waals surface area contributed by atoms with E-state index >= 15 is 0 Å². The summed E-state index contributed by atoms with van der Waals surface area (Å²) in [5.74, 6) is 0.659. The average Bonchev–Trinajstić information content (AvgIpc) is 3.11. The largest absolute Gasteiger partial charge is 0.346 e. The molecule has 90 valence electrons. The van der Waals surface area contributed by atoms with Gasteiger partial charge in [0.05, 0.1) is 16.0 Å². The molecule has 0 atom stereocenters. The van der Waals surface area contributed by atoms with Crippen LogP contribution in [-0.4, -0.2) is 9.49 Å². The molecule has 0 unspecified atom stereocenters. The summed E-state index contributed by atoms with van der Waals surface area (Å²) in [5.41, 5.74) is 1.44. The van der Waals surface area contributed by atoms with E-state index < -0.39 is 4.92 Å². The normalized spacial score (nSPS) is 14.6. The summed E-state index contributed by atoms with van der Waals surface area (Å²) in [6, 6.07) is 6.81. The van der Waals surface area contributed by atoms with Crippen LogP contribution in [-0.2, 0) is 6.54 Å². The van der Waals surface area contributed by atoms with Crippen molar-refractivity contribution in [3.05, 3.63) is 40.1 Å². The first-order valence-electron chi connectivity index (χ1n) is 5.86. The van der Waals surface area contributed by atoms with Crippen molar-refractivity contribution in [1.82, 2.24) is 4.57 Å². The van der Waals surface area contributed by atoms with Gasteiger partial charge in [-0.2, -0.15) is 5.26 Å². The third kappa shape index (κ3) is 1.72. The summed E-state index contributed by atoms with van der Waals surface area (Å²) in [5, 5.41) is 20.7. The second-order valence-corrected chi connectivity index (χ2v) is 4.71. The summed E-state index contributed by atoms with van der Waals surface area (Å²) in [6.07, 6.45) is 4.21. The van der Waals surface area contributed by atoms with Gasteiger partial charge in [0.25, 0.3) is 5.69 Å². The number of hydrogen-bond donors (Lipinski definition) is 0. The molecule has 0 amide bonds. The Kier molecular flexibility index (Phi) is 2.30. The Morgan fingerprint density at radius 3 is 2.89 bits per heavy atom. The molecule has 1 fully saturated rings. The van der Waals surface area contributed by atoms with Crippen LogP contribution in [0.3, 0.4) is 0 Å². The molecule has 0 aliphatic heterocycles. The third-order valence-electron chi connectivity index (χ3n) is 3.35. The van der Waals surface area contributed by atoms with E-state index in [0.717, 1.165) is 17.4 Å². The second-order valence-electron chi connectivity index (χ2n) is 4.71. The zero-order valence-electron chi connectivity index (χ0n) is 9.67. The van der Waals surface area contributed by atoms with Crippen molar-refractivity contribution in [2.45, 2.75) is 19.4 Å². The summed E-state index contributed by atoms with van der Waals surface area (Å²) >= 11 is 0. The zero-order valence-corrected chi connectivity index (χ0v) is 9.67. The van der Waals surface area contributed by atoms with Gasteiger partial charge in [0.15, 0.2) is 0 Å². The van der Waals surface area contributed by atoms with Crippen LogP contribution in [0.4, 0.5) is 5.69 Å². The molecule has 5 nitrogen and oxygen atoms in total. The first-order valence-corrected chi connectivity index (χ1v) is 5.86. The Hall–Kier alpha value is -2.35. The highest BCUT2D eigenvalue weighted by Gasteiger charge is 2.23. The minimum absolute atomic E-state index is 0.0714. The molecule has 3 rings (SSSR count). The SMILES string of the molecule is N#Cc1cn(CC2CC2)c2cc([N+](=O)[O-])ccc12. The Morgan fingerprint density at radius 1 is 1.50 bits per heavy atom. The van der Waals surface area contributed by atoms with Crippen LogP contribution in [0.25, 0.3) is 10.9 Å². The maximum atomic E-state index is 10.8. The first-order chi connectivity index (χ1) is 8.69. The fourth-order valence-electron chi connectivity index (χ4n) is 2.21. The lowest BCUT2D eigenvalue weighted by Gasteiger charge is -2.02. The quantitative estimate of drug-likeness (QED) is 0.612. The van der Waals surface area contributed by atoms with Gasteiger partial charge in [0.2, 0.25) is 0 Å². The van der Waals surface area contributed by atoms with Crippen molar-refractivity contribution >= 4 is 16.6 Å². The molecule has 1 aliphatic carbocycles. The fourth-order valence-corrected chi connectivity index (χ4v) is 2.21. The van der Waals surface area contributed by atoms with Crippen molar-refractivity contribution < 1.29 is 4.92 Å². The van der Waals surface area contributed by atoms with E-state index in [4.69, 9.17) is 5.26 Å². The van der Waals surface area contributed by atoms with Gasteiger partial charge in [0.1, 0.15) is 6.07 Å². The number of fused-ring (bicyclic) bond motifs is 1. The number of non-ortho nitro benzene ring substituents is 1. The summed E-state index contributed by atoms with van der Waals surface area (Å²) in [6.45, 7) is 0.847. The van der Waals surface area contributed by atoms with Crippen LogP contribution in [0.15, 0.2) is 24.4 Å². The molecule has 18 heavy (non-hydrogen) atoms. The minimum atomic E-state index is -0.403. The fraction of sp³-hybridized carbons (Fsp3) is 0.308. The third-order valence-corrected chi connectivity index (χ3v) is 3.35. The predicted octanol–water partition coefficient (Wildman–Crippen LogP) is 2.83. The van der Waals surface area contributed by atoms with Crippen LogP contribution in [0.1, 0.15) is 18.4 Å². The standard InChI is InChI=1S/C13H11N3O2/c14-6-10-8-15(7-9-1-2-9)13-5-11(16(17)18)3-4-12(10)13/h3-5,8-9H,1-2,7H2. The Morgan fingerprint density at radius 2 is 2.28 bits per heavy atom. The lowest BCUT2D eigenvalue weighted by molar-refractivity contribution is -0.384. The van der Waals surface area contributed by atoms with Gasteiger partial charge in [-0.25, -0.2) is 0 Å². The van der Waals surface area contributed by atoms with Crippen LogP contribution >= 0.6 is 0 Å². The predicted molar refractivity (Wildman–Crippen MR) is 66.0 cm³/mol. The molecule has 2 aromatic rings. The van der Waals surface area contributed by atoms with Crippen molar-refractivity contribution in [1.29, 1.82) is 5.26 Å². The summed E-state index contributed by atoms with van der Waals surface area (Å²) < 4.78 is 1.97. The number of benzene rings is 1. The van der Waals surface area contributed by atoms with Gasteiger partial charge in [0, 0.05) is 30.3 Å². The summed E-state index contributed by atoms with van der Waals surface area (Å²) in [4.78, 5) is 10.4. The number of hydrogen-bond acceptors (Lipinski definition) is 3. The average molecular weight is 241 g/mol. The Labute approximate surface area is 103 Å². The molecule has 1 aromatic heterocycles. The molecular weight excluding hydrogens is 230 g/mol. The van der Waals surface area contributed by atoms with Gasteiger partial charge in [-0.3, -0.25) is 10.1 Å². The molecule has 0 saturated heterocycles. The molecule has 1 aromatic carbocycles. The van der Waals surface area contributed by atoms with Gasteiger partial charge < -0.3 is 4.57 Å². The van der Waals surface area contributed by atoms with Crippen LogP contribution in [0.5, 0.6) is 0 Å². The van der Waals surface area contributed by atoms with Crippen molar-refractivity contribution in [2.24, 2.45) is 5.92 Å². The van der Waals surface area contributed by atoms with Crippen molar-refractivity contribution in [3.8, 4) is 6.07 Å². The molecule has 0 N–H and O–H groups in total. The number of nitro groups is 1. The highest BCUT2D eigenvalue weighted by atomic mass is 16.6. The van der Waals surface area contributed by atoms with Gasteiger partial charge in [-0.05, 0) is 24.8 Å². The van der Waals surface area contributed by atoms with E-state index in [9.17, 15) is 10.1 Å². The van der Waals surface area contributed by atoms with E-state index in [1.807, 2.05) is 4.57 Å². The molecule has 0 spiro atoms. The topological polar surface area (TPSA) is 71.9 Å². The van der Waals surface area contributed by atoms with E-state index in [0.29, 0.717) is 11.5 Å². The minimum Gasteiger partial charge on any atom is -0.346 e. The van der Waals surface area contributed by atoms with Crippen LogP contribution in [0, 0.1) is 27.4 Å². The lowest BCUT2D eigenvalue weighted by Crippen LogP contribution is -1.98. The number of nitro benzene ring substituents is 1. The highest BCUT2D eigenvalue weighted by molar-refractivity contribution is 5.88. The van der Waals surface area contributed by atoms with Crippen molar-refractivity contribution in [2.75, 3.05) is 0 Å². The van der Waals surface area contributed by atoms with E-state index in [-0.39, 0.29) is 5.69 Å². The molecule has 0 radical (unpaired) electrons. The molecule has 1 heterocycles. The van der Waals surface area contributed by atoms with Gasteiger partial charge >= 0.3 is 0 Å². The lowest BCUT2D eigenvalue weighted by atomic mass is 10.2. The molecule has 0 bridgehead atoms. The molecule has 1 aliphatic rings. The van der Waals surface area contributed by atoms with Gasteiger partial charge in [-0.15, -0.1) is 0 Å². The molecule has 5 heteroatoms. The van der Waals surface area contributed by atoms with Crippen LogP contribution in [0.2, 0.25) is 0 Å². The smallest absolute Gasteiger partial charge is 0.271 e. The zero-order chi connectivity index (χ0) is 12.7. The maximum absolute atomic E-state index is 10.8. The molecular formula is C13H11N3O2. The Bertz CT molecular complexity index is 677. The summed E-state index contributed by atoms with van der Waals surface area (Å²) in [7, 11) is 0. The van der Waals surface area contributed by atoms with E-state index in [1.165, 1.54) is 18.9 Å². The van der Waals surface area contributed by atoms with Crippen LogP contribution < -0.4 is 0 Å². The number of nitriles is 1. The first kappa shape index (κ1) is 10.8. The number of rotatable bonds is 3. The van der Waals surface area contributed by atoms with E-state index in [1.54, 1.807) is 18.3 Å². The molecule has 1 saturated carbocycles. The highest BCUT2D eigenvalue weighted by Crippen LogP contribution is 2.33.